The second-order valence-corrected chi connectivity index (χ2v) is 5.39. The lowest BCUT2D eigenvalue weighted by molar-refractivity contribution is 0.174. The lowest BCUT2D eigenvalue weighted by Gasteiger charge is -2.09. The standard InChI is InChI=1S/C16H23ClO2/c1-2-3-4-5-6-7-8-13-9-15-16(19-12-18-15)10-14(13)11-17/h9-10H,2-8,11-12H2,1H3. The summed E-state index contributed by atoms with van der Waals surface area (Å²) < 4.78 is 10.8. The van der Waals surface area contributed by atoms with Crippen LogP contribution in [0.1, 0.15) is 56.6 Å². The van der Waals surface area contributed by atoms with Crippen LogP contribution in [-0.4, -0.2) is 6.79 Å². The van der Waals surface area contributed by atoms with Crippen LogP contribution in [0.25, 0.3) is 0 Å². The summed E-state index contributed by atoms with van der Waals surface area (Å²) in [6.07, 6.45) is 8.98. The molecular weight excluding hydrogens is 260 g/mol. The van der Waals surface area contributed by atoms with Gasteiger partial charge in [0.15, 0.2) is 11.5 Å². The molecule has 1 aliphatic heterocycles. The Balaban J connectivity index is 1.85. The van der Waals surface area contributed by atoms with Crippen molar-refractivity contribution in [2.45, 2.75) is 57.7 Å². The smallest absolute Gasteiger partial charge is 0.231 e. The topological polar surface area (TPSA) is 18.5 Å². The van der Waals surface area contributed by atoms with Gasteiger partial charge in [-0.3, -0.25) is 0 Å². The zero-order valence-electron chi connectivity index (χ0n) is 11.7. The Hall–Kier alpha value is -0.890. The number of ether oxygens (including phenoxy) is 2. The van der Waals surface area contributed by atoms with E-state index in [1.54, 1.807) is 0 Å². The average molecular weight is 283 g/mol. The van der Waals surface area contributed by atoms with Gasteiger partial charge < -0.3 is 9.47 Å². The first kappa shape index (κ1) is 14.5. The van der Waals surface area contributed by atoms with E-state index in [-0.39, 0.29) is 0 Å². The Bertz CT molecular complexity index is 404. The maximum atomic E-state index is 6.02. The number of rotatable bonds is 8. The third-order valence-corrected chi connectivity index (χ3v) is 3.93. The molecule has 0 aromatic heterocycles. The van der Waals surface area contributed by atoms with Crippen LogP contribution in [0.4, 0.5) is 0 Å². The highest BCUT2D eigenvalue weighted by molar-refractivity contribution is 6.17. The van der Waals surface area contributed by atoms with Crippen LogP contribution in [-0.2, 0) is 12.3 Å². The summed E-state index contributed by atoms with van der Waals surface area (Å²) in [6.45, 7) is 2.58. The highest BCUT2D eigenvalue weighted by Gasteiger charge is 2.16. The fraction of sp³-hybridized carbons (Fsp3) is 0.625. The fourth-order valence-electron chi connectivity index (χ4n) is 2.48. The van der Waals surface area contributed by atoms with Gasteiger partial charge in [0.2, 0.25) is 6.79 Å². The van der Waals surface area contributed by atoms with Gasteiger partial charge in [-0.05, 0) is 36.1 Å². The summed E-state index contributed by atoms with van der Waals surface area (Å²) in [5.41, 5.74) is 2.49. The van der Waals surface area contributed by atoms with Crippen LogP contribution in [0.2, 0.25) is 0 Å². The Morgan fingerprint density at radius 1 is 0.947 bits per heavy atom. The molecule has 0 aliphatic carbocycles. The molecule has 1 aromatic carbocycles. The van der Waals surface area contributed by atoms with E-state index in [0.717, 1.165) is 17.9 Å². The van der Waals surface area contributed by atoms with Crippen LogP contribution >= 0.6 is 11.6 Å². The van der Waals surface area contributed by atoms with E-state index in [1.807, 2.05) is 6.07 Å². The average Bonchev–Trinajstić information content (AvgIpc) is 2.88. The quantitative estimate of drug-likeness (QED) is 0.490. The zero-order chi connectivity index (χ0) is 13.5. The van der Waals surface area contributed by atoms with Crippen molar-refractivity contribution in [1.29, 1.82) is 0 Å². The van der Waals surface area contributed by atoms with Crippen LogP contribution in [0.5, 0.6) is 11.5 Å². The Labute approximate surface area is 121 Å². The van der Waals surface area contributed by atoms with Crippen molar-refractivity contribution in [1.82, 2.24) is 0 Å². The highest BCUT2D eigenvalue weighted by atomic mass is 35.5. The van der Waals surface area contributed by atoms with Crippen molar-refractivity contribution in [3.8, 4) is 11.5 Å². The van der Waals surface area contributed by atoms with Gasteiger partial charge >= 0.3 is 0 Å². The molecule has 0 N–H and O–H groups in total. The SMILES string of the molecule is CCCCCCCCc1cc2c(cc1CCl)OCO2. The van der Waals surface area contributed by atoms with Crippen molar-refractivity contribution in [2.75, 3.05) is 6.79 Å². The van der Waals surface area contributed by atoms with E-state index < -0.39 is 0 Å². The molecular formula is C16H23ClO2. The Morgan fingerprint density at radius 2 is 1.58 bits per heavy atom. The second-order valence-electron chi connectivity index (χ2n) is 5.13. The lowest BCUT2D eigenvalue weighted by atomic mass is 10.0. The highest BCUT2D eigenvalue weighted by Crippen LogP contribution is 2.35. The summed E-state index contributed by atoms with van der Waals surface area (Å²) in [5, 5.41) is 0. The van der Waals surface area contributed by atoms with Gasteiger partial charge in [0.25, 0.3) is 0 Å². The minimum absolute atomic E-state index is 0.331. The molecule has 0 spiro atoms. The summed E-state index contributed by atoms with van der Waals surface area (Å²) in [5.74, 6) is 2.25. The van der Waals surface area contributed by atoms with Crippen molar-refractivity contribution in [3.63, 3.8) is 0 Å². The van der Waals surface area contributed by atoms with Crippen molar-refractivity contribution >= 4 is 11.6 Å². The molecule has 106 valence electrons. The van der Waals surface area contributed by atoms with E-state index in [0.29, 0.717) is 12.7 Å². The van der Waals surface area contributed by atoms with Crippen LogP contribution < -0.4 is 9.47 Å². The zero-order valence-corrected chi connectivity index (χ0v) is 12.5. The van der Waals surface area contributed by atoms with Gasteiger partial charge in [-0.2, -0.15) is 0 Å². The number of hydrogen-bond donors (Lipinski definition) is 0. The number of halogens is 1. The largest absolute Gasteiger partial charge is 0.454 e. The summed E-state index contributed by atoms with van der Waals surface area (Å²) >= 11 is 6.02. The van der Waals surface area contributed by atoms with Crippen molar-refractivity contribution in [2.24, 2.45) is 0 Å². The summed E-state index contributed by atoms with van der Waals surface area (Å²) in [4.78, 5) is 0. The Morgan fingerprint density at radius 3 is 2.26 bits per heavy atom. The molecule has 1 heterocycles. The van der Waals surface area contributed by atoms with Gasteiger partial charge in [-0.25, -0.2) is 0 Å². The Kier molecular flexibility index (Phi) is 5.84. The van der Waals surface area contributed by atoms with Crippen molar-refractivity contribution in [3.05, 3.63) is 23.3 Å². The predicted molar refractivity (Wildman–Crippen MR) is 79.2 cm³/mol. The fourth-order valence-corrected chi connectivity index (χ4v) is 2.73. The molecule has 1 aromatic rings. The first-order chi connectivity index (χ1) is 9.35. The molecule has 0 atom stereocenters. The number of benzene rings is 1. The molecule has 0 fully saturated rings. The molecule has 0 radical (unpaired) electrons. The number of hydrogen-bond acceptors (Lipinski definition) is 2. The normalized spacial score (nSPS) is 12.9. The third kappa shape index (κ3) is 4.04. The first-order valence-electron chi connectivity index (χ1n) is 7.32. The molecule has 0 unspecified atom stereocenters. The number of alkyl halides is 1. The van der Waals surface area contributed by atoms with Gasteiger partial charge in [0.1, 0.15) is 0 Å². The predicted octanol–water partition coefficient (Wildman–Crippen LogP) is 5.06. The summed E-state index contributed by atoms with van der Waals surface area (Å²) in [6, 6.07) is 4.13. The molecule has 1 aliphatic rings. The van der Waals surface area contributed by atoms with E-state index in [4.69, 9.17) is 21.1 Å². The van der Waals surface area contributed by atoms with Gasteiger partial charge in [-0.1, -0.05) is 39.0 Å². The second kappa shape index (κ2) is 7.64. The van der Waals surface area contributed by atoms with Gasteiger partial charge in [0, 0.05) is 5.88 Å². The molecule has 0 amide bonds. The molecule has 2 nitrogen and oxygen atoms in total. The maximum absolute atomic E-state index is 6.02. The van der Waals surface area contributed by atoms with E-state index in [2.05, 4.69) is 13.0 Å². The van der Waals surface area contributed by atoms with Gasteiger partial charge in [0.05, 0.1) is 0 Å². The van der Waals surface area contributed by atoms with E-state index >= 15 is 0 Å². The number of unbranched alkanes of at least 4 members (excludes halogenated alkanes) is 5. The van der Waals surface area contributed by atoms with Crippen LogP contribution in [0, 0.1) is 0 Å². The molecule has 0 bridgehead atoms. The monoisotopic (exact) mass is 282 g/mol. The summed E-state index contributed by atoms with van der Waals surface area (Å²) in [7, 11) is 0. The minimum atomic E-state index is 0.331. The molecule has 19 heavy (non-hydrogen) atoms. The van der Waals surface area contributed by atoms with Gasteiger partial charge in [-0.15, -0.1) is 11.6 Å². The molecule has 3 heteroatoms. The minimum Gasteiger partial charge on any atom is -0.454 e. The van der Waals surface area contributed by atoms with E-state index in [1.165, 1.54) is 49.7 Å². The number of fused-ring (bicyclic) bond motifs is 1. The number of aryl methyl sites for hydroxylation is 1. The first-order valence-corrected chi connectivity index (χ1v) is 7.86. The van der Waals surface area contributed by atoms with Crippen LogP contribution in [0.15, 0.2) is 12.1 Å². The van der Waals surface area contributed by atoms with Crippen LogP contribution in [0.3, 0.4) is 0 Å². The maximum Gasteiger partial charge on any atom is 0.231 e. The third-order valence-electron chi connectivity index (χ3n) is 3.64. The van der Waals surface area contributed by atoms with Crippen molar-refractivity contribution < 1.29 is 9.47 Å². The van der Waals surface area contributed by atoms with E-state index in [9.17, 15) is 0 Å². The molecule has 2 rings (SSSR count). The lowest BCUT2D eigenvalue weighted by Crippen LogP contribution is -1.93. The molecule has 0 saturated carbocycles. The molecule has 0 saturated heterocycles.